The van der Waals surface area contributed by atoms with Gasteiger partial charge in [0, 0.05) is 17.3 Å². The number of hydrogen-bond acceptors (Lipinski definition) is 4. The van der Waals surface area contributed by atoms with E-state index < -0.39 is 17.8 Å². The van der Waals surface area contributed by atoms with Gasteiger partial charge in [-0.05, 0) is 38.5 Å². The summed E-state index contributed by atoms with van der Waals surface area (Å²) < 4.78 is 18.0. The lowest BCUT2D eigenvalue weighted by Crippen LogP contribution is -2.34. The number of benzene rings is 1. The Labute approximate surface area is 128 Å². The molecule has 0 saturated carbocycles. The molecular formula is C17H18FNO3. The largest absolute Gasteiger partial charge is 0.466 e. The minimum atomic E-state index is -0.553. The second-order valence-electron chi connectivity index (χ2n) is 5.36. The van der Waals surface area contributed by atoms with Crippen LogP contribution in [-0.2, 0) is 14.3 Å². The number of nitrogens with zero attached hydrogens (tertiary/aromatic N) is 1. The van der Waals surface area contributed by atoms with Crippen LogP contribution in [0.3, 0.4) is 0 Å². The topological polar surface area (TPSA) is 55.7 Å². The Hall–Kier alpha value is -2.30. The highest BCUT2D eigenvalue weighted by Crippen LogP contribution is 2.39. The van der Waals surface area contributed by atoms with E-state index in [1.165, 1.54) is 26.2 Å². The minimum absolute atomic E-state index is 0.0931. The second kappa shape index (κ2) is 6.22. The molecule has 1 aromatic carbocycles. The average molecular weight is 303 g/mol. The third kappa shape index (κ3) is 2.84. The van der Waals surface area contributed by atoms with Crippen molar-refractivity contribution in [2.45, 2.75) is 26.7 Å². The van der Waals surface area contributed by atoms with Crippen LogP contribution in [-0.4, -0.2) is 24.6 Å². The van der Waals surface area contributed by atoms with Crippen LogP contribution in [0.1, 0.15) is 32.3 Å². The standard InChI is InChI=1S/C17H18FNO3/c1-9-14(11(3)20)16(12-5-7-13(18)8-6-12)15(10(2)19-9)17(21)22-4/h5-8,14,16H,1-4H3/t14?,16-/m0/s1. The maximum absolute atomic E-state index is 13.2. The maximum atomic E-state index is 13.2. The van der Waals surface area contributed by atoms with E-state index >= 15 is 0 Å². The van der Waals surface area contributed by atoms with Crippen molar-refractivity contribution in [3.05, 3.63) is 46.9 Å². The van der Waals surface area contributed by atoms with Crippen LogP contribution < -0.4 is 0 Å². The molecule has 2 rings (SSSR count). The Morgan fingerprint density at radius 3 is 2.27 bits per heavy atom. The summed E-state index contributed by atoms with van der Waals surface area (Å²) >= 11 is 0. The lowest BCUT2D eigenvalue weighted by atomic mass is 9.74. The van der Waals surface area contributed by atoms with Gasteiger partial charge in [-0.15, -0.1) is 0 Å². The van der Waals surface area contributed by atoms with Crippen LogP contribution in [0, 0.1) is 11.7 Å². The Balaban J connectivity index is 2.65. The van der Waals surface area contributed by atoms with Crippen molar-refractivity contribution in [3.63, 3.8) is 0 Å². The van der Waals surface area contributed by atoms with Gasteiger partial charge >= 0.3 is 5.97 Å². The summed E-state index contributed by atoms with van der Waals surface area (Å²) in [6, 6.07) is 5.81. The molecule has 1 aliphatic heterocycles. The predicted octanol–water partition coefficient (Wildman–Crippen LogP) is 3.04. The maximum Gasteiger partial charge on any atom is 0.336 e. The van der Waals surface area contributed by atoms with Crippen molar-refractivity contribution >= 4 is 17.5 Å². The smallest absolute Gasteiger partial charge is 0.336 e. The van der Waals surface area contributed by atoms with Gasteiger partial charge in [-0.2, -0.15) is 0 Å². The zero-order chi connectivity index (χ0) is 16.4. The molecule has 0 saturated heterocycles. The Morgan fingerprint density at radius 2 is 1.77 bits per heavy atom. The van der Waals surface area contributed by atoms with Crippen LogP contribution in [0.2, 0.25) is 0 Å². The zero-order valence-corrected chi connectivity index (χ0v) is 13.0. The number of allylic oxidation sites excluding steroid dienone is 1. The summed E-state index contributed by atoms with van der Waals surface area (Å²) in [5.74, 6) is -2.05. The molecule has 0 fully saturated rings. The first-order valence-electron chi connectivity index (χ1n) is 6.97. The molecule has 0 bridgehead atoms. The number of esters is 1. The molecular weight excluding hydrogens is 285 g/mol. The van der Waals surface area contributed by atoms with Crippen LogP contribution >= 0.6 is 0 Å². The normalized spacial score (nSPS) is 21.4. The molecule has 1 heterocycles. The summed E-state index contributed by atoms with van der Waals surface area (Å²) in [6.07, 6.45) is 0. The van der Waals surface area contributed by atoms with Gasteiger partial charge in [0.15, 0.2) is 0 Å². The van der Waals surface area contributed by atoms with E-state index in [0.717, 1.165) is 0 Å². The number of methoxy groups -OCH3 is 1. The summed E-state index contributed by atoms with van der Waals surface area (Å²) in [5.41, 5.74) is 2.21. The van der Waals surface area contributed by atoms with Crippen LogP contribution in [0.5, 0.6) is 0 Å². The highest BCUT2D eigenvalue weighted by molar-refractivity contribution is 6.08. The van der Waals surface area contributed by atoms with E-state index in [1.807, 2.05) is 0 Å². The predicted molar refractivity (Wildman–Crippen MR) is 81.1 cm³/mol. The third-order valence-corrected chi connectivity index (χ3v) is 3.90. The molecule has 2 atom stereocenters. The highest BCUT2D eigenvalue weighted by Gasteiger charge is 2.39. The van der Waals surface area contributed by atoms with Crippen LogP contribution in [0.4, 0.5) is 4.39 Å². The van der Waals surface area contributed by atoms with E-state index in [1.54, 1.807) is 26.0 Å². The first kappa shape index (κ1) is 16.1. The van der Waals surface area contributed by atoms with Crippen molar-refractivity contribution in [3.8, 4) is 0 Å². The fourth-order valence-corrected chi connectivity index (χ4v) is 2.97. The van der Waals surface area contributed by atoms with E-state index in [4.69, 9.17) is 4.74 Å². The molecule has 1 aliphatic rings. The number of Topliss-reactive ketones (excluding diaryl/α,β-unsaturated/α-hetero) is 1. The van der Waals surface area contributed by atoms with Crippen molar-refractivity contribution in [2.24, 2.45) is 10.9 Å². The number of ketones is 1. The third-order valence-electron chi connectivity index (χ3n) is 3.90. The fraction of sp³-hybridized carbons (Fsp3) is 0.353. The number of halogens is 1. The monoisotopic (exact) mass is 303 g/mol. The van der Waals surface area contributed by atoms with Crippen LogP contribution in [0.25, 0.3) is 0 Å². The second-order valence-corrected chi connectivity index (χ2v) is 5.36. The zero-order valence-electron chi connectivity index (χ0n) is 13.0. The summed E-state index contributed by atoms with van der Waals surface area (Å²) in [7, 11) is 1.29. The van der Waals surface area contributed by atoms with Gasteiger partial charge < -0.3 is 4.74 Å². The summed E-state index contributed by atoms with van der Waals surface area (Å²) in [5, 5.41) is 0. The Kier molecular flexibility index (Phi) is 4.54. The number of aliphatic imine (C=N–C) groups is 1. The molecule has 0 radical (unpaired) electrons. The van der Waals surface area contributed by atoms with Gasteiger partial charge in [-0.1, -0.05) is 12.1 Å². The lowest BCUT2D eigenvalue weighted by Gasteiger charge is -2.31. The molecule has 0 N–H and O–H groups in total. The molecule has 1 unspecified atom stereocenters. The van der Waals surface area contributed by atoms with E-state index in [2.05, 4.69) is 4.99 Å². The Morgan fingerprint density at radius 1 is 1.18 bits per heavy atom. The van der Waals surface area contributed by atoms with E-state index in [0.29, 0.717) is 22.5 Å². The molecule has 116 valence electrons. The number of carbonyl (C=O) groups excluding carboxylic acids is 2. The summed E-state index contributed by atoms with van der Waals surface area (Å²) in [4.78, 5) is 28.6. The van der Waals surface area contributed by atoms with Crippen molar-refractivity contribution in [1.29, 1.82) is 0 Å². The first-order chi connectivity index (χ1) is 10.4. The van der Waals surface area contributed by atoms with Crippen molar-refractivity contribution in [1.82, 2.24) is 0 Å². The molecule has 0 aromatic heterocycles. The van der Waals surface area contributed by atoms with Crippen molar-refractivity contribution in [2.75, 3.05) is 7.11 Å². The van der Waals surface area contributed by atoms with Gasteiger partial charge in [0.25, 0.3) is 0 Å². The highest BCUT2D eigenvalue weighted by atomic mass is 19.1. The molecule has 0 amide bonds. The van der Waals surface area contributed by atoms with Crippen molar-refractivity contribution < 1.29 is 18.7 Å². The van der Waals surface area contributed by atoms with Gasteiger partial charge in [0.1, 0.15) is 11.6 Å². The first-order valence-corrected chi connectivity index (χ1v) is 6.97. The van der Waals surface area contributed by atoms with Gasteiger partial charge in [0.2, 0.25) is 0 Å². The fourth-order valence-electron chi connectivity index (χ4n) is 2.97. The molecule has 0 aliphatic carbocycles. The van der Waals surface area contributed by atoms with E-state index in [9.17, 15) is 14.0 Å². The Bertz CT molecular complexity index is 674. The number of hydrogen-bond donors (Lipinski definition) is 0. The minimum Gasteiger partial charge on any atom is -0.466 e. The SMILES string of the molecule is COC(=O)C1=C(C)N=C(C)C(C(C)=O)[C@@H]1c1ccc(F)cc1. The average Bonchev–Trinajstić information content (AvgIpc) is 2.46. The van der Waals surface area contributed by atoms with Crippen LogP contribution in [0.15, 0.2) is 40.5 Å². The number of carbonyl (C=O) groups is 2. The molecule has 1 aromatic rings. The molecule has 5 heteroatoms. The van der Waals surface area contributed by atoms with Gasteiger partial charge in [0.05, 0.1) is 18.6 Å². The quantitative estimate of drug-likeness (QED) is 0.806. The molecule has 22 heavy (non-hydrogen) atoms. The summed E-state index contributed by atoms with van der Waals surface area (Å²) in [6.45, 7) is 4.94. The molecule has 4 nitrogen and oxygen atoms in total. The lowest BCUT2D eigenvalue weighted by molar-refractivity contribution is -0.136. The molecule has 0 spiro atoms. The van der Waals surface area contributed by atoms with Gasteiger partial charge in [-0.3, -0.25) is 9.79 Å². The number of rotatable bonds is 3. The van der Waals surface area contributed by atoms with Gasteiger partial charge in [-0.25, -0.2) is 9.18 Å². The van der Waals surface area contributed by atoms with E-state index in [-0.39, 0.29) is 11.6 Å². The number of ether oxygens (including phenoxy) is 1.